The van der Waals surface area contributed by atoms with Crippen molar-refractivity contribution in [1.82, 2.24) is 5.32 Å². The highest BCUT2D eigenvalue weighted by Gasteiger charge is 2.43. The van der Waals surface area contributed by atoms with E-state index < -0.39 is 49.7 Å². The molecule has 1 aliphatic heterocycles. The molecule has 0 aromatic heterocycles. The third-order valence-electron chi connectivity index (χ3n) is 4.04. The van der Waals surface area contributed by atoms with Crippen molar-refractivity contribution in [2.75, 3.05) is 12.9 Å². The van der Waals surface area contributed by atoms with Gasteiger partial charge in [0.1, 0.15) is 17.9 Å². The Labute approximate surface area is 150 Å². The van der Waals surface area contributed by atoms with Crippen LogP contribution in [0.4, 0.5) is 5.69 Å². The fourth-order valence-corrected chi connectivity index (χ4v) is 3.39. The predicted molar refractivity (Wildman–Crippen MR) is 91.7 cm³/mol. The largest absolute Gasteiger partial charge is 0.360 e. The zero-order valence-electron chi connectivity index (χ0n) is 14.8. The van der Waals surface area contributed by atoms with Gasteiger partial charge in [0, 0.05) is 17.9 Å². The highest BCUT2D eigenvalue weighted by atomic mass is 32.2. The lowest BCUT2D eigenvalue weighted by Crippen LogP contribution is -2.46. The Kier molecular flexibility index (Phi) is 5.31. The van der Waals surface area contributed by atoms with Gasteiger partial charge in [0.2, 0.25) is 0 Å². The van der Waals surface area contributed by atoms with Crippen LogP contribution in [0.25, 0.3) is 0 Å². The lowest BCUT2D eigenvalue weighted by Gasteiger charge is -2.22. The Hall–Kier alpha value is -2.17. The average molecular weight is 384 g/mol. The van der Waals surface area contributed by atoms with E-state index in [2.05, 4.69) is 5.32 Å². The molecule has 0 amide bonds. The zero-order valence-corrected chi connectivity index (χ0v) is 15.6. The van der Waals surface area contributed by atoms with Crippen molar-refractivity contribution in [2.45, 2.75) is 37.4 Å². The fraction of sp³-hybridized carbons (Fsp3) is 0.500. The summed E-state index contributed by atoms with van der Waals surface area (Å²) in [4.78, 5) is 35.2. The second-order valence-electron chi connectivity index (χ2n) is 6.92. The molecule has 142 valence electrons. The Morgan fingerprint density at radius 1 is 1.38 bits per heavy atom. The first-order valence-corrected chi connectivity index (χ1v) is 9.65. The van der Waals surface area contributed by atoms with E-state index >= 15 is 0 Å². The minimum atomic E-state index is -3.69. The lowest BCUT2D eigenvalue weighted by molar-refractivity contribution is -0.385. The first-order valence-electron chi connectivity index (χ1n) is 7.76. The number of Topliss-reactive ketones (excluding diaryl/α,β-unsaturated/α-hetero) is 2. The second kappa shape index (κ2) is 6.86. The van der Waals surface area contributed by atoms with Crippen molar-refractivity contribution in [2.24, 2.45) is 5.92 Å². The monoisotopic (exact) mass is 384 g/mol. The number of benzene rings is 1. The Morgan fingerprint density at radius 3 is 2.42 bits per heavy atom. The molecule has 1 fully saturated rings. The first kappa shape index (κ1) is 20.1. The van der Waals surface area contributed by atoms with Crippen LogP contribution in [0, 0.1) is 16.0 Å². The molecule has 0 bridgehead atoms. The molecule has 1 heterocycles. The van der Waals surface area contributed by atoms with Crippen LogP contribution in [0.3, 0.4) is 0 Å². The molecule has 26 heavy (non-hydrogen) atoms. The maximum absolute atomic E-state index is 12.9. The third-order valence-corrected chi connectivity index (χ3v) is 5.15. The number of nitrogens with one attached hydrogen (secondary N) is 1. The van der Waals surface area contributed by atoms with Crippen molar-refractivity contribution in [3.05, 3.63) is 33.9 Å². The molecular weight excluding hydrogens is 364 g/mol. The number of carbonyl (C=O) groups excluding carboxylic acids is 2. The number of nitro groups is 1. The highest BCUT2D eigenvalue weighted by Crippen LogP contribution is 2.29. The van der Waals surface area contributed by atoms with Gasteiger partial charge in [-0.2, -0.15) is 0 Å². The van der Waals surface area contributed by atoms with Gasteiger partial charge in [0.25, 0.3) is 5.69 Å². The maximum atomic E-state index is 12.9. The Morgan fingerprint density at radius 2 is 2.00 bits per heavy atom. The quantitative estimate of drug-likeness (QED) is 0.334. The van der Waals surface area contributed by atoms with Crippen molar-refractivity contribution in [3.8, 4) is 0 Å². The summed E-state index contributed by atoms with van der Waals surface area (Å²) < 4.78 is 28.7. The number of nitrogens with zero attached hydrogens (tertiary/aromatic N) is 1. The van der Waals surface area contributed by atoms with Gasteiger partial charge in [0.05, 0.1) is 22.0 Å². The summed E-state index contributed by atoms with van der Waals surface area (Å²) in [5, 5.41) is 14.4. The van der Waals surface area contributed by atoms with E-state index in [1.807, 2.05) is 13.8 Å². The average Bonchev–Trinajstić information content (AvgIpc) is 2.85. The standard InChI is InChI=1S/C16H20N2O7S/c1-9(19)13(15-17-16(2,3)8-25-15)14(20)11-6-5-10(26(4,23)24)7-12(11)18(21)22/h5-7,13,15,17H,8H2,1-4H3. The smallest absolute Gasteiger partial charge is 0.281 e. The van der Waals surface area contributed by atoms with Gasteiger partial charge < -0.3 is 4.74 Å². The van der Waals surface area contributed by atoms with E-state index in [1.165, 1.54) is 6.92 Å². The molecule has 2 rings (SSSR count). The van der Waals surface area contributed by atoms with Crippen LogP contribution in [0.2, 0.25) is 0 Å². The summed E-state index contributed by atoms with van der Waals surface area (Å²) in [5.74, 6) is -2.58. The summed E-state index contributed by atoms with van der Waals surface area (Å²) in [6.45, 7) is 5.13. The van der Waals surface area contributed by atoms with E-state index in [0.717, 1.165) is 24.5 Å². The van der Waals surface area contributed by atoms with Gasteiger partial charge in [-0.3, -0.25) is 25.0 Å². The van der Waals surface area contributed by atoms with Crippen molar-refractivity contribution in [1.29, 1.82) is 0 Å². The minimum absolute atomic E-state index is 0.268. The lowest BCUT2D eigenvalue weighted by atomic mass is 9.91. The van der Waals surface area contributed by atoms with Crippen LogP contribution in [-0.2, 0) is 19.4 Å². The molecule has 2 atom stereocenters. The Balaban J connectivity index is 2.49. The number of nitro benzene ring substituents is 1. The highest BCUT2D eigenvalue weighted by molar-refractivity contribution is 7.90. The Bertz CT molecular complexity index is 877. The van der Waals surface area contributed by atoms with Crippen LogP contribution in [0.1, 0.15) is 31.1 Å². The molecule has 1 saturated heterocycles. The number of rotatable bonds is 6. The molecule has 0 aliphatic carbocycles. The predicted octanol–water partition coefficient (Wildman–Crippen LogP) is 1.11. The van der Waals surface area contributed by atoms with Crippen LogP contribution in [-0.4, -0.2) is 49.5 Å². The second-order valence-corrected chi connectivity index (χ2v) is 8.94. The SMILES string of the molecule is CC(=O)C(C(=O)c1ccc(S(C)(=O)=O)cc1[N+](=O)[O-])C1NC(C)(C)CO1. The molecule has 9 nitrogen and oxygen atoms in total. The molecule has 2 unspecified atom stereocenters. The van der Waals surface area contributed by atoms with Gasteiger partial charge >= 0.3 is 0 Å². The summed E-state index contributed by atoms with van der Waals surface area (Å²) in [5.41, 5.74) is -1.45. The maximum Gasteiger partial charge on any atom is 0.281 e. The molecule has 1 aromatic rings. The molecule has 1 aliphatic rings. The zero-order chi connectivity index (χ0) is 19.9. The van der Waals surface area contributed by atoms with Crippen LogP contribution >= 0.6 is 0 Å². The van der Waals surface area contributed by atoms with Gasteiger partial charge in [0.15, 0.2) is 15.6 Å². The number of hydrogen-bond acceptors (Lipinski definition) is 8. The fourth-order valence-electron chi connectivity index (χ4n) is 2.75. The van der Waals surface area contributed by atoms with E-state index in [9.17, 15) is 28.1 Å². The van der Waals surface area contributed by atoms with E-state index in [4.69, 9.17) is 4.74 Å². The van der Waals surface area contributed by atoms with Crippen LogP contribution in [0.15, 0.2) is 23.1 Å². The topological polar surface area (TPSA) is 133 Å². The molecule has 10 heteroatoms. The number of ether oxygens (including phenoxy) is 1. The van der Waals surface area contributed by atoms with Gasteiger partial charge in [-0.15, -0.1) is 0 Å². The number of hydrogen-bond donors (Lipinski definition) is 1. The molecular formula is C16H20N2O7S. The first-order chi connectivity index (χ1) is 11.8. The minimum Gasteiger partial charge on any atom is -0.360 e. The summed E-state index contributed by atoms with van der Waals surface area (Å²) in [7, 11) is -3.69. The molecule has 0 spiro atoms. The van der Waals surface area contributed by atoms with Crippen molar-refractivity contribution in [3.63, 3.8) is 0 Å². The number of ketones is 2. The normalized spacial score (nSPS) is 20.5. The van der Waals surface area contributed by atoms with Gasteiger partial charge in [-0.25, -0.2) is 8.42 Å². The van der Waals surface area contributed by atoms with Crippen LogP contribution in [0.5, 0.6) is 0 Å². The van der Waals surface area contributed by atoms with Crippen molar-refractivity contribution < 1.29 is 27.7 Å². The number of sulfone groups is 1. The third kappa shape index (κ3) is 4.14. The molecule has 0 radical (unpaired) electrons. The number of carbonyl (C=O) groups is 2. The van der Waals surface area contributed by atoms with Crippen molar-refractivity contribution >= 4 is 27.1 Å². The summed E-state index contributed by atoms with van der Waals surface area (Å²) >= 11 is 0. The summed E-state index contributed by atoms with van der Waals surface area (Å²) in [6, 6.07) is 3.00. The molecule has 1 aromatic carbocycles. The molecule has 0 saturated carbocycles. The molecule has 1 N–H and O–H groups in total. The van der Waals surface area contributed by atoms with Gasteiger partial charge in [-0.1, -0.05) is 0 Å². The summed E-state index contributed by atoms with van der Waals surface area (Å²) in [6.07, 6.45) is -0.00575. The van der Waals surface area contributed by atoms with Gasteiger partial charge in [-0.05, 0) is 32.9 Å². The van der Waals surface area contributed by atoms with E-state index in [0.29, 0.717) is 0 Å². The van der Waals surface area contributed by atoms with E-state index in [1.54, 1.807) is 0 Å². The van der Waals surface area contributed by atoms with E-state index in [-0.39, 0.29) is 17.1 Å². The van der Waals surface area contributed by atoms with Crippen LogP contribution < -0.4 is 5.32 Å².